The summed E-state index contributed by atoms with van der Waals surface area (Å²) in [6.07, 6.45) is 0.813. The number of halogens is 1. The summed E-state index contributed by atoms with van der Waals surface area (Å²) in [6, 6.07) is 7.65. The van der Waals surface area contributed by atoms with E-state index < -0.39 is 0 Å². The molecule has 1 aromatic carbocycles. The lowest BCUT2D eigenvalue weighted by molar-refractivity contribution is 0.109. The second-order valence-corrected chi connectivity index (χ2v) is 5.04. The van der Waals surface area contributed by atoms with Crippen LogP contribution in [-0.2, 0) is 17.8 Å². The van der Waals surface area contributed by atoms with Crippen LogP contribution in [0.3, 0.4) is 0 Å². The fraction of sp³-hybridized carbons (Fsp3) is 0.333. The van der Waals surface area contributed by atoms with Crippen LogP contribution in [0, 0.1) is 0 Å². The first kappa shape index (κ1) is 13.3. The number of ether oxygens (including phenoxy) is 1. The summed E-state index contributed by atoms with van der Waals surface area (Å²) >= 11 is 6.25. The molecule has 0 spiro atoms. The van der Waals surface area contributed by atoms with E-state index in [0.29, 0.717) is 24.1 Å². The highest BCUT2D eigenvalue weighted by atomic mass is 35.5. The molecule has 0 radical (unpaired) electrons. The molecular weight excluding hydrogens is 274 g/mol. The summed E-state index contributed by atoms with van der Waals surface area (Å²) in [6.45, 7) is 4.14. The smallest absolute Gasteiger partial charge is 0.163 e. The van der Waals surface area contributed by atoms with Crippen LogP contribution < -0.4 is 5.32 Å². The molecule has 0 fully saturated rings. The molecule has 20 heavy (non-hydrogen) atoms. The minimum Gasteiger partial charge on any atom is -0.376 e. The first-order valence-corrected chi connectivity index (χ1v) is 7.13. The van der Waals surface area contributed by atoms with Gasteiger partial charge in [-0.3, -0.25) is 0 Å². The molecule has 1 aliphatic rings. The summed E-state index contributed by atoms with van der Waals surface area (Å²) in [7, 11) is 0. The van der Waals surface area contributed by atoms with Crippen LogP contribution in [0.5, 0.6) is 0 Å². The van der Waals surface area contributed by atoms with E-state index in [9.17, 15) is 0 Å². The molecule has 0 amide bonds. The first-order chi connectivity index (χ1) is 9.79. The van der Waals surface area contributed by atoms with E-state index in [2.05, 4.69) is 15.3 Å². The van der Waals surface area contributed by atoms with E-state index in [4.69, 9.17) is 16.3 Å². The molecule has 3 rings (SSSR count). The monoisotopic (exact) mass is 289 g/mol. The highest BCUT2D eigenvalue weighted by Gasteiger charge is 2.19. The van der Waals surface area contributed by atoms with Crippen LogP contribution in [0.25, 0.3) is 11.4 Å². The van der Waals surface area contributed by atoms with Gasteiger partial charge in [0, 0.05) is 24.1 Å². The average molecular weight is 290 g/mol. The minimum absolute atomic E-state index is 0.570. The third-order valence-electron chi connectivity index (χ3n) is 3.28. The minimum atomic E-state index is 0.570. The lowest BCUT2D eigenvalue weighted by Gasteiger charge is -2.20. The second kappa shape index (κ2) is 5.77. The molecular formula is C15H16ClN3O. The van der Waals surface area contributed by atoms with Crippen molar-refractivity contribution < 1.29 is 4.74 Å². The number of aromatic nitrogens is 2. The van der Waals surface area contributed by atoms with E-state index in [0.717, 1.165) is 35.6 Å². The molecule has 1 aliphatic heterocycles. The molecule has 2 aromatic rings. The first-order valence-electron chi connectivity index (χ1n) is 6.76. The third-order valence-corrected chi connectivity index (χ3v) is 3.61. The quantitative estimate of drug-likeness (QED) is 0.942. The largest absolute Gasteiger partial charge is 0.376 e. The van der Waals surface area contributed by atoms with E-state index in [1.54, 1.807) is 0 Å². The Balaban J connectivity index is 2.13. The van der Waals surface area contributed by atoms with Crippen LogP contribution in [0.4, 0.5) is 5.82 Å². The van der Waals surface area contributed by atoms with Gasteiger partial charge in [0.25, 0.3) is 0 Å². The number of benzene rings is 1. The fourth-order valence-corrected chi connectivity index (χ4v) is 2.53. The van der Waals surface area contributed by atoms with E-state index >= 15 is 0 Å². The van der Waals surface area contributed by atoms with E-state index in [1.165, 1.54) is 0 Å². The summed E-state index contributed by atoms with van der Waals surface area (Å²) in [5.74, 6) is 1.53. The van der Waals surface area contributed by atoms with Gasteiger partial charge in [-0.15, -0.1) is 0 Å². The fourth-order valence-electron chi connectivity index (χ4n) is 2.31. The molecule has 0 unspecified atom stereocenters. The second-order valence-electron chi connectivity index (χ2n) is 4.63. The Labute approximate surface area is 123 Å². The molecule has 0 saturated heterocycles. The Morgan fingerprint density at radius 2 is 2.15 bits per heavy atom. The summed E-state index contributed by atoms with van der Waals surface area (Å²) in [5, 5.41) is 3.96. The standard InChI is InChI=1S/C15H16ClN3O/c1-2-17-14-11-9-20-8-7-13(11)18-15(19-14)10-5-3-4-6-12(10)16/h3-6H,2,7-9H2,1H3,(H,17,18,19). The van der Waals surface area contributed by atoms with Crippen LogP contribution in [-0.4, -0.2) is 23.1 Å². The van der Waals surface area contributed by atoms with Crippen LogP contribution in [0.2, 0.25) is 5.02 Å². The van der Waals surface area contributed by atoms with Gasteiger partial charge in [0.1, 0.15) is 5.82 Å². The van der Waals surface area contributed by atoms with Crippen molar-refractivity contribution in [2.45, 2.75) is 20.0 Å². The molecule has 0 bridgehead atoms. The van der Waals surface area contributed by atoms with Crippen molar-refractivity contribution >= 4 is 17.4 Å². The number of rotatable bonds is 3. The van der Waals surface area contributed by atoms with Gasteiger partial charge in [-0.25, -0.2) is 9.97 Å². The zero-order chi connectivity index (χ0) is 13.9. The maximum atomic E-state index is 6.25. The van der Waals surface area contributed by atoms with Crippen molar-refractivity contribution in [2.24, 2.45) is 0 Å². The van der Waals surface area contributed by atoms with Crippen LogP contribution in [0.15, 0.2) is 24.3 Å². The van der Waals surface area contributed by atoms with E-state index in [-0.39, 0.29) is 0 Å². The third kappa shape index (κ3) is 2.49. The van der Waals surface area contributed by atoms with Gasteiger partial charge in [0.2, 0.25) is 0 Å². The number of hydrogen-bond acceptors (Lipinski definition) is 4. The molecule has 4 nitrogen and oxygen atoms in total. The summed E-state index contributed by atoms with van der Waals surface area (Å²) in [5.41, 5.74) is 2.98. The molecule has 0 saturated carbocycles. The topological polar surface area (TPSA) is 47.0 Å². The van der Waals surface area contributed by atoms with Gasteiger partial charge in [0.05, 0.1) is 23.9 Å². The predicted octanol–water partition coefficient (Wildman–Crippen LogP) is 3.30. The van der Waals surface area contributed by atoms with Crippen molar-refractivity contribution in [3.05, 3.63) is 40.5 Å². The Morgan fingerprint density at radius 3 is 2.95 bits per heavy atom. The Kier molecular flexibility index (Phi) is 3.85. The van der Waals surface area contributed by atoms with Gasteiger partial charge in [0.15, 0.2) is 5.82 Å². The number of nitrogens with one attached hydrogen (secondary N) is 1. The van der Waals surface area contributed by atoms with E-state index in [1.807, 2.05) is 31.2 Å². The molecule has 0 atom stereocenters. The lowest BCUT2D eigenvalue weighted by atomic mass is 10.1. The number of nitrogens with zero attached hydrogens (tertiary/aromatic N) is 2. The average Bonchev–Trinajstić information content (AvgIpc) is 2.48. The maximum Gasteiger partial charge on any atom is 0.163 e. The van der Waals surface area contributed by atoms with Gasteiger partial charge < -0.3 is 10.1 Å². The van der Waals surface area contributed by atoms with Crippen molar-refractivity contribution in [1.82, 2.24) is 9.97 Å². The summed E-state index contributed by atoms with van der Waals surface area (Å²) in [4.78, 5) is 9.29. The number of fused-ring (bicyclic) bond motifs is 1. The van der Waals surface area contributed by atoms with Crippen molar-refractivity contribution in [3.63, 3.8) is 0 Å². The lowest BCUT2D eigenvalue weighted by Crippen LogP contribution is -2.17. The zero-order valence-electron chi connectivity index (χ0n) is 11.3. The van der Waals surface area contributed by atoms with Crippen molar-refractivity contribution in [3.8, 4) is 11.4 Å². The predicted molar refractivity (Wildman–Crippen MR) is 80.0 cm³/mol. The zero-order valence-corrected chi connectivity index (χ0v) is 12.1. The Hall–Kier alpha value is -1.65. The van der Waals surface area contributed by atoms with Crippen molar-refractivity contribution in [2.75, 3.05) is 18.5 Å². The summed E-state index contributed by atoms with van der Waals surface area (Å²) < 4.78 is 5.51. The van der Waals surface area contributed by atoms with Crippen LogP contribution >= 0.6 is 11.6 Å². The molecule has 104 valence electrons. The molecule has 5 heteroatoms. The van der Waals surface area contributed by atoms with Gasteiger partial charge in [-0.05, 0) is 19.1 Å². The number of anilines is 1. The Bertz CT molecular complexity index is 631. The van der Waals surface area contributed by atoms with Gasteiger partial charge >= 0.3 is 0 Å². The molecule has 2 heterocycles. The normalized spacial score (nSPS) is 13.9. The number of hydrogen-bond donors (Lipinski definition) is 1. The van der Waals surface area contributed by atoms with Gasteiger partial charge in [-0.1, -0.05) is 23.7 Å². The van der Waals surface area contributed by atoms with Gasteiger partial charge in [-0.2, -0.15) is 0 Å². The molecule has 0 aliphatic carbocycles. The Morgan fingerprint density at radius 1 is 1.30 bits per heavy atom. The maximum absolute atomic E-state index is 6.25. The molecule has 1 N–H and O–H groups in total. The molecule has 1 aromatic heterocycles. The highest BCUT2D eigenvalue weighted by molar-refractivity contribution is 6.33. The SMILES string of the molecule is CCNc1nc(-c2ccccc2Cl)nc2c1COCC2. The van der Waals surface area contributed by atoms with Crippen molar-refractivity contribution in [1.29, 1.82) is 0 Å². The highest BCUT2D eigenvalue weighted by Crippen LogP contribution is 2.29. The van der Waals surface area contributed by atoms with Crippen LogP contribution in [0.1, 0.15) is 18.2 Å².